The second-order valence-electron chi connectivity index (χ2n) is 5.58. The molecule has 23 heavy (non-hydrogen) atoms. The molecule has 0 radical (unpaired) electrons. The number of hydrogen-bond donors (Lipinski definition) is 1. The van der Waals surface area contributed by atoms with E-state index in [1.54, 1.807) is 4.90 Å². The second kappa shape index (κ2) is 8.31. The summed E-state index contributed by atoms with van der Waals surface area (Å²) in [7, 11) is 0. The van der Waals surface area contributed by atoms with Gasteiger partial charge in [-0.15, -0.1) is 0 Å². The van der Waals surface area contributed by atoms with Gasteiger partial charge in [-0.3, -0.25) is 14.5 Å². The van der Waals surface area contributed by atoms with Gasteiger partial charge in [-0.2, -0.15) is 0 Å². The summed E-state index contributed by atoms with van der Waals surface area (Å²) in [5.41, 5.74) is 1.14. The Morgan fingerprint density at radius 3 is 2.57 bits per heavy atom. The molecule has 2 rings (SSSR count). The van der Waals surface area contributed by atoms with Crippen LogP contribution in [0.4, 0.5) is 0 Å². The minimum Gasteiger partial charge on any atom is -0.492 e. The van der Waals surface area contributed by atoms with Crippen molar-refractivity contribution in [3.8, 4) is 5.75 Å². The van der Waals surface area contributed by atoms with Gasteiger partial charge in [0.1, 0.15) is 5.75 Å². The fourth-order valence-corrected chi connectivity index (χ4v) is 3.08. The predicted octanol–water partition coefficient (Wildman–Crippen LogP) is 1.76. The molecule has 0 aliphatic carbocycles. The van der Waals surface area contributed by atoms with Crippen molar-refractivity contribution in [3.05, 3.63) is 28.2 Å². The van der Waals surface area contributed by atoms with Crippen LogP contribution < -0.4 is 4.74 Å². The summed E-state index contributed by atoms with van der Waals surface area (Å²) in [5.74, 6) is -0.0558. The highest BCUT2D eigenvalue weighted by atomic mass is 79.9. The van der Waals surface area contributed by atoms with E-state index in [0.717, 1.165) is 15.8 Å². The number of ether oxygens (including phenoxy) is 1. The SMILES string of the molecule is Cc1ccc(OCCC(=O)N2CCN(CC(=O)O)CC2)c(Br)c1. The zero-order valence-electron chi connectivity index (χ0n) is 13.1. The Bertz CT molecular complexity index is 571. The Labute approximate surface area is 144 Å². The lowest BCUT2D eigenvalue weighted by atomic mass is 10.2. The third-order valence-corrected chi connectivity index (χ3v) is 4.36. The fourth-order valence-electron chi connectivity index (χ4n) is 2.48. The normalized spacial score (nSPS) is 15.5. The lowest BCUT2D eigenvalue weighted by Gasteiger charge is -2.33. The zero-order chi connectivity index (χ0) is 16.8. The van der Waals surface area contributed by atoms with Crippen molar-refractivity contribution in [2.45, 2.75) is 13.3 Å². The average Bonchev–Trinajstić information content (AvgIpc) is 2.49. The molecule has 126 valence electrons. The monoisotopic (exact) mass is 384 g/mol. The average molecular weight is 385 g/mol. The van der Waals surface area contributed by atoms with Crippen molar-refractivity contribution in [1.29, 1.82) is 0 Å². The number of piperazine rings is 1. The number of carbonyl (C=O) groups excluding carboxylic acids is 1. The number of rotatable bonds is 6. The number of hydrogen-bond acceptors (Lipinski definition) is 4. The lowest BCUT2D eigenvalue weighted by Crippen LogP contribution is -2.50. The van der Waals surface area contributed by atoms with Gasteiger partial charge in [-0.25, -0.2) is 0 Å². The van der Waals surface area contributed by atoms with Crippen molar-refractivity contribution < 1.29 is 19.4 Å². The van der Waals surface area contributed by atoms with Crippen LogP contribution in [-0.4, -0.2) is 66.1 Å². The molecule has 0 spiro atoms. The van der Waals surface area contributed by atoms with Crippen LogP contribution in [0.15, 0.2) is 22.7 Å². The van der Waals surface area contributed by atoms with E-state index in [-0.39, 0.29) is 12.5 Å². The van der Waals surface area contributed by atoms with E-state index in [1.165, 1.54) is 0 Å². The molecule has 1 saturated heterocycles. The highest BCUT2D eigenvalue weighted by molar-refractivity contribution is 9.10. The van der Waals surface area contributed by atoms with Gasteiger partial charge in [0.2, 0.25) is 5.91 Å². The Hall–Kier alpha value is -1.60. The van der Waals surface area contributed by atoms with Crippen LogP contribution >= 0.6 is 15.9 Å². The molecule has 0 aromatic heterocycles. The van der Waals surface area contributed by atoms with E-state index in [4.69, 9.17) is 9.84 Å². The zero-order valence-corrected chi connectivity index (χ0v) is 14.7. The molecule has 1 heterocycles. The third kappa shape index (κ3) is 5.51. The lowest BCUT2D eigenvalue weighted by molar-refractivity contribution is -0.139. The molecular formula is C16H21BrN2O4. The summed E-state index contributed by atoms with van der Waals surface area (Å²) >= 11 is 3.44. The number of carboxylic acids is 1. The van der Waals surface area contributed by atoms with Crippen molar-refractivity contribution in [3.63, 3.8) is 0 Å². The van der Waals surface area contributed by atoms with Gasteiger partial charge in [0.15, 0.2) is 0 Å². The molecular weight excluding hydrogens is 364 g/mol. The van der Waals surface area contributed by atoms with Gasteiger partial charge in [-0.1, -0.05) is 6.07 Å². The van der Waals surface area contributed by atoms with Crippen LogP contribution in [0.5, 0.6) is 5.75 Å². The van der Waals surface area contributed by atoms with Crippen LogP contribution in [0.25, 0.3) is 0 Å². The molecule has 6 nitrogen and oxygen atoms in total. The maximum atomic E-state index is 12.2. The molecule has 1 aromatic rings. The van der Waals surface area contributed by atoms with Gasteiger partial charge < -0.3 is 14.7 Å². The van der Waals surface area contributed by atoms with E-state index in [1.807, 2.05) is 30.0 Å². The molecule has 1 aliphatic heterocycles. The Morgan fingerprint density at radius 1 is 1.26 bits per heavy atom. The van der Waals surface area contributed by atoms with Crippen LogP contribution in [0, 0.1) is 6.92 Å². The van der Waals surface area contributed by atoms with Crippen LogP contribution in [0.3, 0.4) is 0 Å². The van der Waals surface area contributed by atoms with Gasteiger partial charge >= 0.3 is 5.97 Å². The summed E-state index contributed by atoms with van der Waals surface area (Å²) in [4.78, 5) is 26.4. The number of aryl methyl sites for hydroxylation is 1. The molecule has 1 N–H and O–H groups in total. The third-order valence-electron chi connectivity index (χ3n) is 3.74. The van der Waals surface area contributed by atoms with E-state index in [9.17, 15) is 9.59 Å². The van der Waals surface area contributed by atoms with Crippen molar-refractivity contribution >= 4 is 27.8 Å². The number of amides is 1. The highest BCUT2D eigenvalue weighted by Crippen LogP contribution is 2.25. The van der Waals surface area contributed by atoms with Crippen LogP contribution in [0.1, 0.15) is 12.0 Å². The summed E-state index contributed by atoms with van der Waals surface area (Å²) < 4.78 is 6.53. The number of nitrogens with zero attached hydrogens (tertiary/aromatic N) is 2. The molecule has 1 aromatic carbocycles. The first kappa shape index (κ1) is 17.7. The van der Waals surface area contributed by atoms with Gasteiger partial charge in [-0.05, 0) is 40.5 Å². The Morgan fingerprint density at radius 2 is 1.96 bits per heavy atom. The first-order valence-corrected chi connectivity index (χ1v) is 8.36. The summed E-state index contributed by atoms with van der Waals surface area (Å²) in [6.45, 7) is 4.70. The van der Waals surface area contributed by atoms with Crippen LogP contribution in [-0.2, 0) is 9.59 Å². The molecule has 1 amide bonds. The summed E-state index contributed by atoms with van der Waals surface area (Å²) in [6, 6.07) is 5.82. The van der Waals surface area contributed by atoms with Gasteiger partial charge in [0.25, 0.3) is 0 Å². The molecule has 0 atom stereocenters. The Kier molecular flexibility index (Phi) is 6.41. The molecule has 1 fully saturated rings. The molecule has 0 bridgehead atoms. The number of aliphatic carboxylic acids is 1. The van der Waals surface area contributed by atoms with Gasteiger partial charge in [0, 0.05) is 26.2 Å². The van der Waals surface area contributed by atoms with Gasteiger partial charge in [0.05, 0.1) is 24.0 Å². The summed E-state index contributed by atoms with van der Waals surface area (Å²) in [6.07, 6.45) is 0.319. The minimum atomic E-state index is -0.832. The van der Waals surface area contributed by atoms with Crippen molar-refractivity contribution in [2.24, 2.45) is 0 Å². The van der Waals surface area contributed by atoms with Crippen molar-refractivity contribution in [1.82, 2.24) is 9.80 Å². The molecule has 0 saturated carbocycles. The molecule has 7 heteroatoms. The van der Waals surface area contributed by atoms with E-state index < -0.39 is 5.97 Å². The Balaban J connectivity index is 1.72. The number of carboxylic acid groups (broad SMARTS) is 1. The topological polar surface area (TPSA) is 70.1 Å². The highest BCUT2D eigenvalue weighted by Gasteiger charge is 2.22. The molecule has 0 unspecified atom stereocenters. The maximum absolute atomic E-state index is 12.2. The van der Waals surface area contributed by atoms with E-state index >= 15 is 0 Å². The first-order valence-electron chi connectivity index (χ1n) is 7.56. The van der Waals surface area contributed by atoms with E-state index in [0.29, 0.717) is 39.2 Å². The number of benzene rings is 1. The maximum Gasteiger partial charge on any atom is 0.317 e. The molecule has 1 aliphatic rings. The standard InChI is InChI=1S/C16H21BrN2O4/c1-12-2-3-14(13(17)10-12)23-9-4-15(20)19-7-5-18(6-8-19)11-16(21)22/h2-3,10H,4-9,11H2,1H3,(H,21,22). The number of carbonyl (C=O) groups is 2. The van der Waals surface area contributed by atoms with E-state index in [2.05, 4.69) is 15.9 Å². The van der Waals surface area contributed by atoms with Crippen molar-refractivity contribution in [2.75, 3.05) is 39.3 Å². The largest absolute Gasteiger partial charge is 0.492 e. The fraction of sp³-hybridized carbons (Fsp3) is 0.500. The first-order chi connectivity index (χ1) is 11.0. The second-order valence-corrected chi connectivity index (χ2v) is 6.44. The van der Waals surface area contributed by atoms with Crippen LogP contribution in [0.2, 0.25) is 0 Å². The summed E-state index contributed by atoms with van der Waals surface area (Å²) in [5, 5.41) is 8.76. The predicted molar refractivity (Wildman–Crippen MR) is 89.6 cm³/mol. The minimum absolute atomic E-state index is 0.0343. The number of halogens is 1. The quantitative estimate of drug-likeness (QED) is 0.808. The smallest absolute Gasteiger partial charge is 0.317 e.